The first kappa shape index (κ1) is 23.9. The van der Waals surface area contributed by atoms with Crippen LogP contribution in [0.1, 0.15) is 37.3 Å². The number of sulfonamides is 1. The Labute approximate surface area is 198 Å². The van der Waals surface area contributed by atoms with Gasteiger partial charge in [0.25, 0.3) is 0 Å². The van der Waals surface area contributed by atoms with Crippen LogP contribution in [0.4, 0.5) is 11.4 Å². The SMILES string of the molecule is CCN(Cc1ccc(N2CCCS2(=O)=O)cc1)c1cc(OCCN2CCCC2)ccc1CN. The molecule has 0 radical (unpaired) electrons. The average Bonchev–Trinajstić information content (AvgIpc) is 3.47. The van der Waals surface area contributed by atoms with E-state index in [0.29, 0.717) is 32.7 Å². The van der Waals surface area contributed by atoms with E-state index >= 15 is 0 Å². The van der Waals surface area contributed by atoms with Gasteiger partial charge in [0, 0.05) is 44.5 Å². The smallest absolute Gasteiger partial charge is 0.235 e. The standard InChI is InChI=1S/C25H36N4O3S/c1-2-28(20-21-6-9-23(10-7-21)29-14-5-17-33(29,30)31)25-18-24(11-8-22(25)19-26)32-16-15-27-12-3-4-13-27/h6-11,18H,2-5,12-17,19-20,26H2,1H3. The van der Waals surface area contributed by atoms with E-state index in [4.69, 9.17) is 10.5 Å². The second kappa shape index (κ2) is 10.8. The fourth-order valence-electron chi connectivity index (χ4n) is 4.68. The molecule has 4 rings (SSSR count). The Balaban J connectivity index is 1.44. The molecule has 2 N–H and O–H groups in total. The van der Waals surface area contributed by atoms with Gasteiger partial charge in [0.1, 0.15) is 12.4 Å². The predicted octanol–water partition coefficient (Wildman–Crippen LogP) is 3.19. The van der Waals surface area contributed by atoms with Crippen LogP contribution < -0.4 is 19.7 Å². The van der Waals surface area contributed by atoms with Gasteiger partial charge in [-0.15, -0.1) is 0 Å². The molecular weight excluding hydrogens is 436 g/mol. The summed E-state index contributed by atoms with van der Waals surface area (Å²) in [7, 11) is -3.16. The largest absolute Gasteiger partial charge is 0.492 e. The lowest BCUT2D eigenvalue weighted by molar-refractivity contribution is 0.238. The molecule has 0 bridgehead atoms. The van der Waals surface area contributed by atoms with Crippen LogP contribution in [0, 0.1) is 0 Å². The van der Waals surface area contributed by atoms with Crippen molar-refractivity contribution >= 4 is 21.4 Å². The number of rotatable bonds is 10. The number of nitrogens with two attached hydrogens (primary N) is 1. The van der Waals surface area contributed by atoms with Gasteiger partial charge in [-0.3, -0.25) is 9.21 Å². The third-order valence-corrected chi connectivity index (χ3v) is 8.44. The Morgan fingerprint density at radius 3 is 2.42 bits per heavy atom. The molecule has 33 heavy (non-hydrogen) atoms. The van der Waals surface area contributed by atoms with Gasteiger partial charge in [-0.25, -0.2) is 8.42 Å². The van der Waals surface area contributed by atoms with Gasteiger partial charge in [-0.05, 0) is 68.6 Å². The molecule has 2 saturated heterocycles. The van der Waals surface area contributed by atoms with Crippen molar-refractivity contribution in [3.05, 3.63) is 53.6 Å². The maximum Gasteiger partial charge on any atom is 0.235 e. The van der Waals surface area contributed by atoms with Crippen LogP contribution in [-0.2, 0) is 23.1 Å². The molecule has 2 fully saturated rings. The first-order valence-electron chi connectivity index (χ1n) is 12.0. The minimum atomic E-state index is -3.16. The molecule has 8 heteroatoms. The zero-order valence-electron chi connectivity index (χ0n) is 19.6. The maximum absolute atomic E-state index is 12.2. The highest BCUT2D eigenvalue weighted by Crippen LogP contribution is 2.29. The second-order valence-electron chi connectivity index (χ2n) is 8.81. The second-order valence-corrected chi connectivity index (χ2v) is 10.8. The van der Waals surface area contributed by atoms with E-state index in [9.17, 15) is 8.42 Å². The number of hydrogen-bond donors (Lipinski definition) is 1. The zero-order chi connectivity index (χ0) is 23.3. The van der Waals surface area contributed by atoms with Crippen LogP contribution in [0.2, 0.25) is 0 Å². The van der Waals surface area contributed by atoms with Crippen LogP contribution in [0.5, 0.6) is 5.75 Å². The summed E-state index contributed by atoms with van der Waals surface area (Å²) in [6, 6.07) is 14.0. The summed E-state index contributed by atoms with van der Waals surface area (Å²) in [6.45, 7) is 8.70. The van der Waals surface area contributed by atoms with Crippen LogP contribution in [0.3, 0.4) is 0 Å². The van der Waals surface area contributed by atoms with Gasteiger partial charge in [-0.1, -0.05) is 18.2 Å². The summed E-state index contributed by atoms with van der Waals surface area (Å²) in [5.74, 6) is 1.10. The molecule has 0 saturated carbocycles. The van der Waals surface area contributed by atoms with Crippen LogP contribution >= 0.6 is 0 Å². The number of ether oxygens (including phenoxy) is 1. The van der Waals surface area contributed by atoms with Crippen molar-refractivity contribution < 1.29 is 13.2 Å². The van der Waals surface area contributed by atoms with Crippen LogP contribution in [-0.4, -0.2) is 58.4 Å². The zero-order valence-corrected chi connectivity index (χ0v) is 20.4. The Morgan fingerprint density at radius 2 is 1.79 bits per heavy atom. The molecule has 0 amide bonds. The molecule has 0 unspecified atom stereocenters. The highest BCUT2D eigenvalue weighted by Gasteiger charge is 2.28. The van der Waals surface area contributed by atoms with Crippen LogP contribution in [0.15, 0.2) is 42.5 Å². The molecule has 0 aromatic heterocycles. The molecule has 7 nitrogen and oxygen atoms in total. The van der Waals surface area contributed by atoms with Crippen molar-refractivity contribution in [2.24, 2.45) is 5.73 Å². The van der Waals surface area contributed by atoms with E-state index in [1.165, 1.54) is 30.2 Å². The number of benzene rings is 2. The lowest BCUT2D eigenvalue weighted by Crippen LogP contribution is -2.26. The number of nitrogens with zero attached hydrogens (tertiary/aromatic N) is 3. The van der Waals surface area contributed by atoms with E-state index in [2.05, 4.69) is 28.9 Å². The summed E-state index contributed by atoms with van der Waals surface area (Å²) in [5, 5.41) is 0. The predicted molar refractivity (Wildman–Crippen MR) is 134 cm³/mol. The van der Waals surface area contributed by atoms with Gasteiger partial charge in [0.05, 0.1) is 11.4 Å². The first-order chi connectivity index (χ1) is 16.0. The Hall–Kier alpha value is -2.29. The minimum Gasteiger partial charge on any atom is -0.492 e. The van der Waals surface area contributed by atoms with Crippen molar-refractivity contribution in [3.63, 3.8) is 0 Å². The van der Waals surface area contributed by atoms with Gasteiger partial charge >= 0.3 is 0 Å². The molecule has 2 aliphatic rings. The van der Waals surface area contributed by atoms with Gasteiger partial charge in [-0.2, -0.15) is 0 Å². The Morgan fingerprint density at radius 1 is 1.03 bits per heavy atom. The molecular formula is C25H36N4O3S. The number of likely N-dealkylation sites (tertiary alicyclic amines) is 1. The monoisotopic (exact) mass is 472 g/mol. The molecule has 2 aliphatic heterocycles. The molecule has 0 aliphatic carbocycles. The minimum absolute atomic E-state index is 0.233. The molecule has 0 atom stereocenters. The van der Waals surface area contributed by atoms with Gasteiger partial charge in [0.15, 0.2) is 0 Å². The summed E-state index contributed by atoms with van der Waals surface area (Å²) >= 11 is 0. The van der Waals surface area contributed by atoms with E-state index in [1.54, 1.807) is 0 Å². The summed E-state index contributed by atoms with van der Waals surface area (Å²) in [4.78, 5) is 4.74. The van der Waals surface area contributed by atoms with E-state index < -0.39 is 10.0 Å². The van der Waals surface area contributed by atoms with E-state index in [-0.39, 0.29) is 5.75 Å². The molecule has 2 aromatic rings. The summed E-state index contributed by atoms with van der Waals surface area (Å²) in [6.07, 6.45) is 3.26. The van der Waals surface area contributed by atoms with E-state index in [0.717, 1.165) is 41.3 Å². The van der Waals surface area contributed by atoms with Crippen molar-refractivity contribution in [2.45, 2.75) is 39.3 Å². The van der Waals surface area contributed by atoms with Crippen molar-refractivity contribution in [1.29, 1.82) is 0 Å². The fraction of sp³-hybridized carbons (Fsp3) is 0.520. The third kappa shape index (κ3) is 5.80. The summed E-state index contributed by atoms with van der Waals surface area (Å²) in [5.41, 5.74) is 10.1. The highest BCUT2D eigenvalue weighted by molar-refractivity contribution is 7.93. The lowest BCUT2D eigenvalue weighted by atomic mass is 10.1. The van der Waals surface area contributed by atoms with Crippen LogP contribution in [0.25, 0.3) is 0 Å². The average molecular weight is 473 g/mol. The van der Waals surface area contributed by atoms with Crippen molar-refractivity contribution in [1.82, 2.24) is 4.90 Å². The maximum atomic E-state index is 12.2. The van der Waals surface area contributed by atoms with Gasteiger partial charge < -0.3 is 15.4 Å². The Kier molecular flexibility index (Phi) is 7.78. The normalized spacial score (nSPS) is 18.1. The first-order valence-corrected chi connectivity index (χ1v) is 13.6. The molecule has 0 spiro atoms. The van der Waals surface area contributed by atoms with E-state index in [1.807, 2.05) is 30.3 Å². The topological polar surface area (TPSA) is 79.1 Å². The molecule has 2 aromatic carbocycles. The number of anilines is 2. The third-order valence-electron chi connectivity index (χ3n) is 6.57. The fourth-order valence-corrected chi connectivity index (χ4v) is 6.25. The molecule has 180 valence electrons. The van der Waals surface area contributed by atoms with Crippen molar-refractivity contribution in [3.8, 4) is 5.75 Å². The molecule has 2 heterocycles. The number of hydrogen-bond acceptors (Lipinski definition) is 6. The highest BCUT2D eigenvalue weighted by atomic mass is 32.2. The Bertz CT molecular complexity index is 1020. The van der Waals surface area contributed by atoms with Gasteiger partial charge in [0.2, 0.25) is 10.0 Å². The lowest BCUT2D eigenvalue weighted by Gasteiger charge is -2.27. The summed E-state index contributed by atoms with van der Waals surface area (Å²) < 4.78 is 32.0. The van der Waals surface area contributed by atoms with Crippen molar-refractivity contribution in [2.75, 3.05) is 54.3 Å². The quantitative estimate of drug-likeness (QED) is 0.572.